The van der Waals surface area contributed by atoms with Crippen molar-refractivity contribution in [2.45, 2.75) is 121 Å². The predicted octanol–water partition coefficient (Wildman–Crippen LogP) is 7.41. The van der Waals surface area contributed by atoms with Crippen LogP contribution >= 0.6 is 0 Å². The molecule has 8 bridgehead atoms. The third kappa shape index (κ3) is 6.55. The van der Waals surface area contributed by atoms with Gasteiger partial charge in [-0.15, -0.1) is 0 Å². The van der Waals surface area contributed by atoms with Crippen LogP contribution in [0.4, 0.5) is 8.78 Å². The highest BCUT2D eigenvalue weighted by Crippen LogP contribution is 2.67. The minimum absolute atomic E-state index is 0.0278. The Morgan fingerprint density at radius 2 is 1.36 bits per heavy atom. The maximum Gasteiger partial charge on any atom is 0.223 e. The lowest BCUT2D eigenvalue weighted by Crippen LogP contribution is -2.61. The first-order valence-electron chi connectivity index (χ1n) is 20.8. The molecular weight excluding hydrogens is 671 g/mol. The maximum atomic E-state index is 15.3. The molecule has 6 nitrogen and oxygen atoms in total. The van der Waals surface area contributed by atoms with Gasteiger partial charge in [0.15, 0.2) is 0 Å². The second-order valence-electron chi connectivity index (χ2n) is 18.7. The summed E-state index contributed by atoms with van der Waals surface area (Å²) >= 11 is 0. The fourth-order valence-corrected chi connectivity index (χ4v) is 13.4. The highest BCUT2D eigenvalue weighted by Gasteiger charge is 2.64. The van der Waals surface area contributed by atoms with Gasteiger partial charge in [-0.3, -0.25) is 9.59 Å². The quantitative estimate of drug-likeness (QED) is 0.282. The summed E-state index contributed by atoms with van der Waals surface area (Å²) < 4.78 is 28.8. The predicted molar refractivity (Wildman–Crippen MR) is 201 cm³/mol. The third-order valence-corrected chi connectivity index (χ3v) is 15.8. The summed E-state index contributed by atoms with van der Waals surface area (Å²) in [5.74, 6) is 2.91. The van der Waals surface area contributed by atoms with Crippen molar-refractivity contribution in [3.8, 4) is 0 Å². The highest BCUT2D eigenvalue weighted by molar-refractivity contribution is 5.79. The van der Waals surface area contributed by atoms with Crippen LogP contribution in [0.25, 0.3) is 0 Å². The van der Waals surface area contributed by atoms with Crippen molar-refractivity contribution in [1.29, 1.82) is 0 Å². The molecule has 2 aromatic carbocycles. The van der Waals surface area contributed by atoms with E-state index in [2.05, 4.69) is 31.2 Å². The first-order chi connectivity index (χ1) is 25.3. The van der Waals surface area contributed by atoms with Crippen LogP contribution in [0.15, 0.2) is 48.5 Å². The number of aliphatic hydroxyl groups excluding tert-OH is 2. The summed E-state index contributed by atoms with van der Waals surface area (Å²) in [4.78, 5) is 29.8. The standard InChI is InChI=1S/C23H31NO3.C22H29F2NO/c1-14-2-4-15(5-3-14)10-23(11-21(26)24-12-20(25)13-24)18-6-16-7-19(23)9-17(8-18)22(16)27;1-3-25(4-2)20(26)14-22(16-5-7-19(23)8-6-16)17-9-15-10-18(22)13-21(24,11-15)12-17/h2-5,16-20,22,25,27H,6-13H2,1H3;5-8,15,17-18H,3-4,9-14H2,1-2H3. The molecule has 2 aromatic rings. The average Bonchev–Trinajstić information content (AvgIpc) is 3.09. The van der Waals surface area contributed by atoms with Gasteiger partial charge in [0, 0.05) is 44.4 Å². The molecule has 0 spiro atoms. The zero-order valence-corrected chi connectivity index (χ0v) is 32.0. The second kappa shape index (κ2) is 14.0. The fraction of sp³-hybridized carbons (Fsp3) is 0.689. The first kappa shape index (κ1) is 37.1. The zero-order valence-electron chi connectivity index (χ0n) is 32.0. The van der Waals surface area contributed by atoms with E-state index in [9.17, 15) is 24.2 Å². The molecule has 2 amide bonds. The number of alkyl halides is 1. The summed E-state index contributed by atoms with van der Waals surface area (Å²) in [7, 11) is 0. The zero-order chi connectivity index (χ0) is 37.3. The first-order valence-corrected chi connectivity index (χ1v) is 20.8. The van der Waals surface area contributed by atoms with Crippen molar-refractivity contribution in [2.24, 2.45) is 46.8 Å². The highest BCUT2D eigenvalue weighted by atomic mass is 19.1. The van der Waals surface area contributed by atoms with Crippen molar-refractivity contribution in [3.63, 3.8) is 0 Å². The topological polar surface area (TPSA) is 81.1 Å². The van der Waals surface area contributed by atoms with E-state index in [0.717, 1.165) is 50.5 Å². The monoisotopic (exact) mass is 730 g/mol. The van der Waals surface area contributed by atoms with Crippen molar-refractivity contribution in [1.82, 2.24) is 9.80 Å². The van der Waals surface area contributed by atoms with Crippen molar-refractivity contribution in [2.75, 3.05) is 26.2 Å². The van der Waals surface area contributed by atoms with Crippen molar-refractivity contribution in [3.05, 3.63) is 71.0 Å². The van der Waals surface area contributed by atoms with Gasteiger partial charge in [-0.2, -0.15) is 0 Å². The lowest BCUT2D eigenvalue weighted by atomic mass is 9.42. The Kier molecular flexibility index (Phi) is 9.82. The molecule has 1 aliphatic heterocycles. The molecule has 0 radical (unpaired) electrons. The lowest BCUT2D eigenvalue weighted by Gasteiger charge is -2.63. The Hall–Kier alpha value is -2.84. The van der Waals surface area contributed by atoms with Crippen LogP contribution < -0.4 is 0 Å². The smallest absolute Gasteiger partial charge is 0.223 e. The van der Waals surface area contributed by atoms with Crippen molar-refractivity contribution < 1.29 is 28.6 Å². The number of nitrogens with zero attached hydrogens (tertiary/aromatic N) is 2. The van der Waals surface area contributed by atoms with Crippen LogP contribution in [-0.2, 0) is 21.4 Å². The molecule has 8 heteroatoms. The van der Waals surface area contributed by atoms with Crippen molar-refractivity contribution >= 4 is 11.8 Å². The number of benzene rings is 2. The Morgan fingerprint density at radius 1 is 0.792 bits per heavy atom. The summed E-state index contributed by atoms with van der Waals surface area (Å²) in [6, 6.07) is 15.5. The summed E-state index contributed by atoms with van der Waals surface area (Å²) in [5, 5.41) is 20.2. The minimum atomic E-state index is -1.04. The number of hydrogen-bond donors (Lipinski definition) is 2. The van der Waals surface area contributed by atoms with E-state index < -0.39 is 5.67 Å². The Balaban J connectivity index is 0.000000151. The molecule has 2 unspecified atom stereocenters. The molecule has 2 N–H and O–H groups in total. The van der Waals surface area contributed by atoms with E-state index in [1.54, 1.807) is 0 Å². The molecule has 8 saturated carbocycles. The van der Waals surface area contributed by atoms with Gasteiger partial charge in [0.25, 0.3) is 0 Å². The number of hydrogen-bond acceptors (Lipinski definition) is 4. The van der Waals surface area contributed by atoms with Gasteiger partial charge in [-0.1, -0.05) is 42.0 Å². The maximum absolute atomic E-state index is 15.3. The molecule has 11 rings (SSSR count). The van der Waals surface area contributed by atoms with Crippen LogP contribution in [0, 0.1) is 59.6 Å². The number of rotatable bonds is 9. The van der Waals surface area contributed by atoms with Crippen LogP contribution in [0.3, 0.4) is 0 Å². The number of halogens is 2. The van der Waals surface area contributed by atoms with E-state index >= 15 is 4.39 Å². The molecule has 8 aliphatic carbocycles. The van der Waals surface area contributed by atoms with Crippen LogP contribution in [0.5, 0.6) is 0 Å². The number of carbonyl (C=O) groups is 2. The van der Waals surface area contributed by atoms with E-state index in [1.807, 2.05) is 35.8 Å². The van der Waals surface area contributed by atoms with Gasteiger partial charge >= 0.3 is 0 Å². The van der Waals surface area contributed by atoms with Gasteiger partial charge in [-0.25, -0.2) is 8.78 Å². The molecule has 53 heavy (non-hydrogen) atoms. The molecule has 9 aliphatic rings. The molecular formula is C45H60F2N2O4. The van der Waals surface area contributed by atoms with Gasteiger partial charge in [0.1, 0.15) is 11.5 Å². The number of likely N-dealkylation sites (tertiary alicyclic amines) is 1. The van der Waals surface area contributed by atoms with Crippen LogP contribution in [-0.4, -0.2) is 75.9 Å². The van der Waals surface area contributed by atoms with Crippen LogP contribution in [0.1, 0.15) is 101 Å². The summed E-state index contributed by atoms with van der Waals surface area (Å²) in [5.41, 5.74) is 2.30. The molecule has 2 atom stereocenters. The normalized spacial score (nSPS) is 39.0. The van der Waals surface area contributed by atoms with E-state index in [-0.39, 0.29) is 52.5 Å². The SMILES string of the molecule is CCN(CC)C(=O)CC1(c2ccc(F)cc2)C2CC3CC1CC(F)(C3)C2.Cc1ccc(CC2(CC(=O)N3CC(O)C3)C3CC4CC2CC(C3)C4O)cc1. The van der Waals surface area contributed by atoms with Crippen LogP contribution in [0.2, 0.25) is 0 Å². The lowest BCUT2D eigenvalue weighted by molar-refractivity contribution is -0.179. The van der Waals surface area contributed by atoms with E-state index in [0.29, 0.717) is 87.9 Å². The molecule has 1 heterocycles. The number of carbonyl (C=O) groups excluding carboxylic acids is 2. The van der Waals surface area contributed by atoms with Gasteiger partial charge < -0.3 is 20.0 Å². The largest absolute Gasteiger partial charge is 0.393 e. The average molecular weight is 731 g/mol. The third-order valence-electron chi connectivity index (χ3n) is 15.8. The second-order valence-corrected chi connectivity index (χ2v) is 18.7. The van der Waals surface area contributed by atoms with Gasteiger partial charge in [-0.05, 0) is 155 Å². The van der Waals surface area contributed by atoms with Gasteiger partial charge in [0.2, 0.25) is 11.8 Å². The molecule has 9 fully saturated rings. The van der Waals surface area contributed by atoms with Gasteiger partial charge in [0.05, 0.1) is 12.2 Å². The van der Waals surface area contributed by atoms with E-state index in [4.69, 9.17) is 0 Å². The van der Waals surface area contributed by atoms with E-state index in [1.165, 1.54) is 23.3 Å². The molecule has 1 saturated heterocycles. The summed E-state index contributed by atoms with van der Waals surface area (Å²) in [6.45, 7) is 8.50. The number of β-amino-alcohol motifs (C(OH)–C–C–N with tert-alkyl or cyclic N) is 1. The molecule has 0 aromatic heterocycles. The summed E-state index contributed by atoms with van der Waals surface area (Å²) in [6.07, 6.45) is 9.70. The fourth-order valence-electron chi connectivity index (χ4n) is 13.4. The number of amides is 2. The minimum Gasteiger partial charge on any atom is -0.393 e. The Labute approximate surface area is 314 Å². The Bertz CT molecular complexity index is 1610. The Morgan fingerprint density at radius 3 is 1.87 bits per heavy atom. The number of aliphatic hydroxyl groups is 2. The molecule has 288 valence electrons. The number of aryl methyl sites for hydroxylation is 1.